The molecule has 5 nitrogen and oxygen atoms in total. The molecule has 1 fully saturated rings. The van der Waals surface area contributed by atoms with Crippen molar-refractivity contribution in [2.75, 3.05) is 7.05 Å². The summed E-state index contributed by atoms with van der Waals surface area (Å²) in [5, 5.41) is 13.3. The van der Waals surface area contributed by atoms with E-state index < -0.39 is 6.23 Å². The van der Waals surface area contributed by atoms with E-state index in [1.165, 1.54) is 37.0 Å². The molecular formula is C19H26N2O3. The Bertz CT molecular complexity index is 569. The zero-order valence-corrected chi connectivity index (χ0v) is 14.1. The molecule has 0 aromatic rings. The standard InChI is InChI=1S/C12H11NO3.C7H15N/c14-7-9-4-5-10(8-15)12(16)13-6-2-1-3-11(9)13;1-8-7-5-3-2-4-6-7/h1-3,5-8,12,16H,4H2;7-8H,2-6H2,1H3. The first-order valence-corrected chi connectivity index (χ1v) is 8.53. The Morgan fingerprint density at radius 1 is 1.17 bits per heavy atom. The summed E-state index contributed by atoms with van der Waals surface area (Å²) >= 11 is 0. The van der Waals surface area contributed by atoms with Gasteiger partial charge in [-0.2, -0.15) is 0 Å². The first-order chi connectivity index (χ1) is 11.7. The lowest BCUT2D eigenvalue weighted by atomic mass is 9.96. The third-order valence-corrected chi connectivity index (χ3v) is 4.63. The van der Waals surface area contributed by atoms with Crippen LogP contribution < -0.4 is 5.32 Å². The molecule has 3 aliphatic rings. The van der Waals surface area contributed by atoms with Crippen molar-refractivity contribution in [2.24, 2.45) is 0 Å². The normalized spacial score (nSPS) is 23.7. The van der Waals surface area contributed by atoms with E-state index in [0.717, 1.165) is 12.3 Å². The average molecular weight is 330 g/mol. The van der Waals surface area contributed by atoms with Crippen molar-refractivity contribution in [3.63, 3.8) is 0 Å². The Morgan fingerprint density at radius 2 is 1.92 bits per heavy atom. The molecule has 0 amide bonds. The summed E-state index contributed by atoms with van der Waals surface area (Å²) in [6, 6.07) is 0.837. The fourth-order valence-corrected chi connectivity index (χ4v) is 3.15. The van der Waals surface area contributed by atoms with Gasteiger partial charge in [0.2, 0.25) is 0 Å². The second-order valence-electron chi connectivity index (χ2n) is 6.16. The summed E-state index contributed by atoms with van der Waals surface area (Å²) in [7, 11) is 2.07. The predicted molar refractivity (Wildman–Crippen MR) is 93.9 cm³/mol. The van der Waals surface area contributed by atoms with Gasteiger partial charge < -0.3 is 15.3 Å². The van der Waals surface area contributed by atoms with E-state index in [4.69, 9.17) is 0 Å². The second-order valence-corrected chi connectivity index (χ2v) is 6.16. The van der Waals surface area contributed by atoms with E-state index >= 15 is 0 Å². The van der Waals surface area contributed by atoms with E-state index in [9.17, 15) is 14.7 Å². The molecule has 24 heavy (non-hydrogen) atoms. The third kappa shape index (κ3) is 4.52. The van der Waals surface area contributed by atoms with Gasteiger partial charge in [-0.25, -0.2) is 0 Å². The maximum Gasteiger partial charge on any atom is 0.159 e. The van der Waals surface area contributed by atoms with Gasteiger partial charge in [0.05, 0.1) is 5.70 Å². The number of aliphatic hydroxyl groups is 1. The van der Waals surface area contributed by atoms with E-state index in [1.54, 1.807) is 30.5 Å². The molecule has 2 heterocycles. The van der Waals surface area contributed by atoms with Crippen LogP contribution in [0.2, 0.25) is 0 Å². The summed E-state index contributed by atoms with van der Waals surface area (Å²) in [6.45, 7) is 0. The summed E-state index contributed by atoms with van der Waals surface area (Å²) in [5.74, 6) is 0. The predicted octanol–water partition coefficient (Wildman–Crippen LogP) is 2.21. The number of allylic oxidation sites excluding steroid dienone is 5. The van der Waals surface area contributed by atoms with Crippen molar-refractivity contribution in [2.45, 2.75) is 50.8 Å². The fraction of sp³-hybridized carbons (Fsp3) is 0.474. The van der Waals surface area contributed by atoms with Crippen LogP contribution in [-0.4, -0.2) is 41.9 Å². The van der Waals surface area contributed by atoms with E-state index in [-0.39, 0.29) is 5.57 Å². The largest absolute Gasteiger partial charge is 0.369 e. The summed E-state index contributed by atoms with van der Waals surface area (Å²) in [4.78, 5) is 23.2. The van der Waals surface area contributed by atoms with Crippen molar-refractivity contribution in [1.82, 2.24) is 10.2 Å². The molecule has 1 atom stereocenters. The molecule has 2 aliphatic heterocycles. The van der Waals surface area contributed by atoms with Crippen molar-refractivity contribution in [1.29, 1.82) is 0 Å². The minimum atomic E-state index is -1.02. The Kier molecular flexibility index (Phi) is 7.15. The van der Waals surface area contributed by atoms with Crippen LogP contribution in [0.25, 0.3) is 0 Å². The summed E-state index contributed by atoms with van der Waals surface area (Å²) in [6.07, 6.45) is 16.3. The lowest BCUT2D eigenvalue weighted by Gasteiger charge is -2.28. The molecule has 0 aromatic carbocycles. The number of rotatable bonds is 3. The smallest absolute Gasteiger partial charge is 0.159 e. The van der Waals surface area contributed by atoms with Crippen molar-refractivity contribution >= 4 is 12.6 Å². The molecule has 5 heteroatoms. The molecule has 130 valence electrons. The van der Waals surface area contributed by atoms with Crippen LogP contribution in [0.4, 0.5) is 0 Å². The van der Waals surface area contributed by atoms with Crippen LogP contribution >= 0.6 is 0 Å². The molecule has 0 saturated heterocycles. The Labute approximate surface area is 143 Å². The van der Waals surface area contributed by atoms with Gasteiger partial charge in [-0.3, -0.25) is 9.59 Å². The highest BCUT2D eigenvalue weighted by atomic mass is 16.3. The minimum absolute atomic E-state index is 0.273. The van der Waals surface area contributed by atoms with Gasteiger partial charge in [-0.15, -0.1) is 0 Å². The number of carbonyl (C=O) groups is 2. The van der Waals surface area contributed by atoms with Gasteiger partial charge in [-0.1, -0.05) is 31.4 Å². The molecular weight excluding hydrogens is 304 g/mol. The Hall–Kier alpha value is -1.98. The van der Waals surface area contributed by atoms with Gasteiger partial charge in [0, 0.05) is 23.4 Å². The summed E-state index contributed by atoms with van der Waals surface area (Å²) < 4.78 is 0. The number of aliphatic hydroxyl groups excluding tert-OH is 1. The number of nitrogens with one attached hydrogen (secondary N) is 1. The summed E-state index contributed by atoms with van der Waals surface area (Å²) in [5.41, 5.74) is 1.46. The molecule has 1 aliphatic carbocycles. The van der Waals surface area contributed by atoms with Crippen molar-refractivity contribution in [3.05, 3.63) is 47.3 Å². The molecule has 0 radical (unpaired) electrons. The first kappa shape index (κ1) is 18.4. The Morgan fingerprint density at radius 3 is 2.50 bits per heavy atom. The van der Waals surface area contributed by atoms with Crippen LogP contribution in [0.15, 0.2) is 47.3 Å². The molecule has 0 spiro atoms. The van der Waals surface area contributed by atoms with Crippen LogP contribution in [0.5, 0.6) is 0 Å². The Balaban J connectivity index is 0.000000219. The zero-order valence-electron chi connectivity index (χ0n) is 14.1. The molecule has 3 rings (SSSR count). The lowest BCUT2D eigenvalue weighted by molar-refractivity contribution is -0.106. The number of hydrogen-bond acceptors (Lipinski definition) is 5. The highest BCUT2D eigenvalue weighted by Crippen LogP contribution is 2.26. The maximum atomic E-state index is 10.9. The zero-order chi connectivity index (χ0) is 17.4. The fourth-order valence-electron chi connectivity index (χ4n) is 3.15. The monoisotopic (exact) mass is 330 g/mol. The van der Waals surface area contributed by atoms with Crippen LogP contribution in [0.3, 0.4) is 0 Å². The van der Waals surface area contributed by atoms with Gasteiger partial charge in [0.1, 0.15) is 12.6 Å². The molecule has 0 aromatic heterocycles. The first-order valence-electron chi connectivity index (χ1n) is 8.53. The molecule has 1 unspecified atom stereocenters. The van der Waals surface area contributed by atoms with Crippen molar-refractivity contribution < 1.29 is 14.7 Å². The van der Waals surface area contributed by atoms with Crippen molar-refractivity contribution in [3.8, 4) is 0 Å². The van der Waals surface area contributed by atoms with Gasteiger partial charge in [-0.05, 0) is 38.5 Å². The lowest BCUT2D eigenvalue weighted by Crippen LogP contribution is -2.32. The van der Waals surface area contributed by atoms with E-state index in [2.05, 4.69) is 12.4 Å². The molecule has 1 saturated carbocycles. The minimum Gasteiger partial charge on any atom is -0.369 e. The second kappa shape index (κ2) is 9.35. The van der Waals surface area contributed by atoms with Crippen LogP contribution in [-0.2, 0) is 9.59 Å². The number of aldehydes is 2. The van der Waals surface area contributed by atoms with Gasteiger partial charge >= 0.3 is 0 Å². The van der Waals surface area contributed by atoms with Gasteiger partial charge in [0.15, 0.2) is 6.23 Å². The highest BCUT2D eigenvalue weighted by Gasteiger charge is 2.25. The molecule has 2 N–H and O–H groups in total. The average Bonchev–Trinajstić information content (AvgIpc) is 2.79. The van der Waals surface area contributed by atoms with Crippen LogP contribution in [0.1, 0.15) is 38.5 Å². The van der Waals surface area contributed by atoms with E-state index in [0.29, 0.717) is 24.0 Å². The van der Waals surface area contributed by atoms with E-state index in [1.807, 2.05) is 0 Å². The number of fused-ring (bicyclic) bond motifs is 1. The topological polar surface area (TPSA) is 69.6 Å². The number of carbonyl (C=O) groups excluding carboxylic acids is 2. The number of nitrogens with zero attached hydrogens (tertiary/aromatic N) is 1. The highest BCUT2D eigenvalue weighted by molar-refractivity contribution is 5.80. The third-order valence-electron chi connectivity index (χ3n) is 4.63. The number of hydrogen-bond donors (Lipinski definition) is 2. The van der Waals surface area contributed by atoms with Gasteiger partial charge in [0.25, 0.3) is 0 Å². The van der Waals surface area contributed by atoms with Crippen LogP contribution in [0, 0.1) is 0 Å². The molecule has 0 bridgehead atoms. The maximum absolute atomic E-state index is 10.9. The SMILES string of the molecule is CNC1CCCCC1.O=CC1=CCC(C=O)=C2C=CC=CN2C1O. The quantitative estimate of drug-likeness (QED) is 0.777.